The number of rotatable bonds is 4. The van der Waals surface area contributed by atoms with Crippen LogP contribution in [0.1, 0.15) is 35.7 Å². The number of Topliss-reactive ketones (excluding diaryl/α,β-unsaturated/α-hetero) is 1. The first-order valence-corrected chi connectivity index (χ1v) is 5.33. The van der Waals surface area contributed by atoms with Gasteiger partial charge in [0.25, 0.3) is 0 Å². The lowest BCUT2D eigenvalue weighted by atomic mass is 10.0. The van der Waals surface area contributed by atoms with Crippen LogP contribution in [0.4, 0.5) is 0 Å². The van der Waals surface area contributed by atoms with Gasteiger partial charge in [-0.3, -0.25) is 4.79 Å². The van der Waals surface area contributed by atoms with Crippen LogP contribution in [0.15, 0.2) is 30.4 Å². The van der Waals surface area contributed by atoms with Gasteiger partial charge in [-0.05, 0) is 31.9 Å². The topological polar surface area (TPSA) is 17.1 Å². The van der Waals surface area contributed by atoms with Gasteiger partial charge in [0.05, 0.1) is 5.02 Å². The van der Waals surface area contributed by atoms with E-state index in [0.717, 1.165) is 17.6 Å². The minimum absolute atomic E-state index is 0.0895. The van der Waals surface area contributed by atoms with Crippen molar-refractivity contribution >= 4 is 17.4 Å². The lowest BCUT2D eigenvalue weighted by Gasteiger charge is -2.05. The Morgan fingerprint density at radius 3 is 2.67 bits per heavy atom. The summed E-state index contributed by atoms with van der Waals surface area (Å²) in [7, 11) is 0. The second-order valence-corrected chi connectivity index (χ2v) is 4.19. The quantitative estimate of drug-likeness (QED) is 0.552. The Morgan fingerprint density at radius 2 is 2.07 bits per heavy atom. The van der Waals surface area contributed by atoms with Gasteiger partial charge >= 0.3 is 0 Å². The SMILES string of the molecule is C=C(C)CCC(=O)c1cccc(C)c1Cl. The van der Waals surface area contributed by atoms with Crippen LogP contribution in [0.25, 0.3) is 0 Å². The average Bonchev–Trinajstić information content (AvgIpc) is 2.18. The molecule has 0 aliphatic rings. The van der Waals surface area contributed by atoms with E-state index in [4.69, 9.17) is 11.6 Å². The summed E-state index contributed by atoms with van der Waals surface area (Å²) in [5, 5.41) is 0.573. The van der Waals surface area contributed by atoms with E-state index >= 15 is 0 Å². The number of aryl methyl sites for hydroxylation is 1. The second kappa shape index (κ2) is 5.13. The first-order chi connectivity index (χ1) is 7.02. The first-order valence-electron chi connectivity index (χ1n) is 4.95. The van der Waals surface area contributed by atoms with Gasteiger partial charge < -0.3 is 0 Å². The summed E-state index contributed by atoms with van der Waals surface area (Å²) >= 11 is 6.06. The fourth-order valence-electron chi connectivity index (χ4n) is 1.32. The van der Waals surface area contributed by atoms with Gasteiger partial charge in [0, 0.05) is 12.0 Å². The van der Waals surface area contributed by atoms with Crippen LogP contribution in [0.5, 0.6) is 0 Å². The zero-order valence-corrected chi connectivity index (χ0v) is 9.90. The molecule has 0 bridgehead atoms. The van der Waals surface area contributed by atoms with Crippen molar-refractivity contribution in [2.75, 3.05) is 0 Å². The minimum Gasteiger partial charge on any atom is -0.294 e. The lowest BCUT2D eigenvalue weighted by Crippen LogP contribution is -2.00. The van der Waals surface area contributed by atoms with Crippen LogP contribution in [0, 0.1) is 6.92 Å². The molecule has 0 aromatic heterocycles. The Balaban J connectivity index is 2.82. The first kappa shape index (κ1) is 12.0. The molecule has 1 aromatic carbocycles. The van der Waals surface area contributed by atoms with E-state index < -0.39 is 0 Å². The Hall–Kier alpha value is -1.08. The highest BCUT2D eigenvalue weighted by molar-refractivity contribution is 6.34. The molecule has 15 heavy (non-hydrogen) atoms. The molecule has 0 heterocycles. The summed E-state index contributed by atoms with van der Waals surface area (Å²) in [6, 6.07) is 5.53. The highest BCUT2D eigenvalue weighted by Gasteiger charge is 2.10. The third kappa shape index (κ3) is 3.21. The fraction of sp³-hybridized carbons (Fsp3) is 0.308. The molecule has 0 spiro atoms. The Morgan fingerprint density at radius 1 is 1.40 bits per heavy atom. The summed E-state index contributed by atoms with van der Waals surface area (Å²) in [4.78, 5) is 11.8. The van der Waals surface area contributed by atoms with Crippen molar-refractivity contribution in [3.63, 3.8) is 0 Å². The number of benzene rings is 1. The van der Waals surface area contributed by atoms with E-state index in [1.807, 2.05) is 26.0 Å². The number of allylic oxidation sites excluding steroid dienone is 1. The van der Waals surface area contributed by atoms with Crippen molar-refractivity contribution in [3.8, 4) is 0 Å². The fourth-order valence-corrected chi connectivity index (χ4v) is 1.56. The van der Waals surface area contributed by atoms with E-state index in [-0.39, 0.29) is 5.78 Å². The molecule has 0 N–H and O–H groups in total. The Kier molecular flexibility index (Phi) is 4.10. The largest absolute Gasteiger partial charge is 0.294 e. The normalized spacial score (nSPS) is 10.1. The molecule has 1 aromatic rings. The third-order valence-electron chi connectivity index (χ3n) is 2.27. The molecule has 0 radical (unpaired) electrons. The van der Waals surface area contributed by atoms with Gasteiger partial charge in [0.2, 0.25) is 0 Å². The van der Waals surface area contributed by atoms with E-state index in [1.165, 1.54) is 0 Å². The van der Waals surface area contributed by atoms with Crippen molar-refractivity contribution in [2.45, 2.75) is 26.7 Å². The van der Waals surface area contributed by atoms with Crippen LogP contribution >= 0.6 is 11.6 Å². The van der Waals surface area contributed by atoms with Gasteiger partial charge in [-0.15, -0.1) is 6.58 Å². The Bertz CT molecular complexity index is 394. The third-order valence-corrected chi connectivity index (χ3v) is 2.77. The molecule has 0 saturated heterocycles. The molecule has 0 fully saturated rings. The van der Waals surface area contributed by atoms with Crippen LogP contribution < -0.4 is 0 Å². The highest BCUT2D eigenvalue weighted by atomic mass is 35.5. The van der Waals surface area contributed by atoms with Gasteiger partial charge in [-0.25, -0.2) is 0 Å². The maximum Gasteiger partial charge on any atom is 0.164 e. The number of halogens is 1. The van der Waals surface area contributed by atoms with Gasteiger partial charge in [-0.2, -0.15) is 0 Å². The molecule has 80 valence electrons. The summed E-state index contributed by atoms with van der Waals surface area (Å²) < 4.78 is 0. The van der Waals surface area contributed by atoms with Crippen molar-refractivity contribution in [1.29, 1.82) is 0 Å². The molecule has 2 heteroatoms. The van der Waals surface area contributed by atoms with Gasteiger partial charge in [0.15, 0.2) is 5.78 Å². The average molecular weight is 223 g/mol. The van der Waals surface area contributed by atoms with Crippen molar-refractivity contribution in [3.05, 3.63) is 46.5 Å². The minimum atomic E-state index is 0.0895. The number of ketones is 1. The van der Waals surface area contributed by atoms with Crippen molar-refractivity contribution in [2.24, 2.45) is 0 Å². The summed E-state index contributed by atoms with van der Waals surface area (Å²) in [6.07, 6.45) is 1.21. The number of carbonyl (C=O) groups is 1. The molecule has 0 aliphatic carbocycles. The van der Waals surface area contributed by atoms with E-state index in [9.17, 15) is 4.79 Å². The van der Waals surface area contributed by atoms with Gasteiger partial charge in [-0.1, -0.05) is 29.3 Å². The monoisotopic (exact) mass is 222 g/mol. The predicted molar refractivity (Wildman–Crippen MR) is 64.6 cm³/mol. The maximum atomic E-state index is 11.8. The molecular formula is C13H15ClO. The van der Waals surface area contributed by atoms with E-state index in [1.54, 1.807) is 6.07 Å². The summed E-state index contributed by atoms with van der Waals surface area (Å²) in [6.45, 7) is 7.60. The maximum absolute atomic E-state index is 11.8. The lowest BCUT2D eigenvalue weighted by molar-refractivity contribution is 0.0983. The van der Waals surface area contributed by atoms with E-state index in [2.05, 4.69) is 6.58 Å². The van der Waals surface area contributed by atoms with Gasteiger partial charge in [0.1, 0.15) is 0 Å². The molecule has 0 unspecified atom stereocenters. The van der Waals surface area contributed by atoms with Crippen LogP contribution in [0.2, 0.25) is 5.02 Å². The zero-order chi connectivity index (χ0) is 11.4. The molecule has 0 amide bonds. The van der Waals surface area contributed by atoms with Crippen LogP contribution in [-0.2, 0) is 0 Å². The molecular weight excluding hydrogens is 208 g/mol. The number of hydrogen-bond donors (Lipinski definition) is 0. The molecule has 0 aliphatic heterocycles. The van der Waals surface area contributed by atoms with Crippen molar-refractivity contribution < 1.29 is 4.79 Å². The highest BCUT2D eigenvalue weighted by Crippen LogP contribution is 2.22. The summed E-state index contributed by atoms with van der Waals surface area (Å²) in [5.41, 5.74) is 2.59. The number of carbonyl (C=O) groups excluding carboxylic acids is 1. The molecule has 0 saturated carbocycles. The standard InChI is InChI=1S/C13H15ClO/c1-9(2)7-8-12(15)11-6-4-5-10(3)13(11)14/h4-6H,1,7-8H2,2-3H3. The summed E-state index contributed by atoms with van der Waals surface area (Å²) in [5.74, 6) is 0.0895. The van der Waals surface area contributed by atoms with Crippen molar-refractivity contribution in [1.82, 2.24) is 0 Å². The Labute approximate surface area is 95.8 Å². The number of hydrogen-bond acceptors (Lipinski definition) is 1. The zero-order valence-electron chi connectivity index (χ0n) is 9.14. The van der Waals surface area contributed by atoms with Crippen LogP contribution in [-0.4, -0.2) is 5.78 Å². The van der Waals surface area contributed by atoms with E-state index in [0.29, 0.717) is 17.0 Å². The molecule has 1 rings (SSSR count). The molecule has 0 atom stereocenters. The predicted octanol–water partition coefficient (Wildman–Crippen LogP) is 4.19. The molecule has 1 nitrogen and oxygen atoms in total. The smallest absolute Gasteiger partial charge is 0.164 e. The second-order valence-electron chi connectivity index (χ2n) is 3.82. The van der Waals surface area contributed by atoms with Crippen LogP contribution in [0.3, 0.4) is 0 Å².